The van der Waals surface area contributed by atoms with Gasteiger partial charge in [-0.2, -0.15) is 0 Å². The Balaban J connectivity index is 0.00000225. The van der Waals surface area contributed by atoms with E-state index in [1.54, 1.807) is 11.0 Å². The number of nitrogens with zero attached hydrogens (tertiary/aromatic N) is 1. The minimum Gasteiger partial charge on any atom is -0.364 e. The van der Waals surface area contributed by atoms with E-state index < -0.39 is 12.1 Å². The fraction of sp³-hybridized carbons (Fsp3) is 0.529. The average Bonchev–Trinajstić information content (AvgIpc) is 3.07. The zero-order chi connectivity index (χ0) is 17.1. The largest absolute Gasteiger partial charge is 0.364 e. The number of amides is 2. The summed E-state index contributed by atoms with van der Waals surface area (Å²) in [5.41, 5.74) is 6.25. The lowest BCUT2D eigenvalue weighted by molar-refractivity contribution is -0.135. The molecule has 3 atom stereocenters. The van der Waals surface area contributed by atoms with Crippen LogP contribution in [0.4, 0.5) is 5.69 Å². The molecular weight excluding hydrogens is 365 g/mol. The van der Waals surface area contributed by atoms with Crippen molar-refractivity contribution in [2.45, 2.75) is 43.9 Å². The molecule has 8 heteroatoms. The topological polar surface area (TPSA) is 84.7 Å². The van der Waals surface area contributed by atoms with Crippen LogP contribution in [-0.4, -0.2) is 43.2 Å². The Morgan fingerprint density at radius 3 is 2.76 bits per heavy atom. The van der Waals surface area contributed by atoms with E-state index in [9.17, 15) is 9.59 Å². The van der Waals surface area contributed by atoms with E-state index in [1.165, 1.54) is 0 Å². The second kappa shape index (κ2) is 8.85. The molecule has 2 fully saturated rings. The van der Waals surface area contributed by atoms with E-state index in [1.807, 2.05) is 18.2 Å². The summed E-state index contributed by atoms with van der Waals surface area (Å²) in [6, 6.07) is 6.70. The second-order valence-corrected chi connectivity index (χ2v) is 6.61. The van der Waals surface area contributed by atoms with Crippen LogP contribution in [0.15, 0.2) is 24.3 Å². The Kier molecular flexibility index (Phi) is 7.07. The van der Waals surface area contributed by atoms with E-state index in [4.69, 9.17) is 22.1 Å². The molecule has 0 radical (unpaired) electrons. The number of carbonyl (C=O) groups excluding carboxylic acids is 2. The third-order valence-electron chi connectivity index (χ3n) is 4.56. The maximum atomic E-state index is 12.7. The first-order valence-electron chi connectivity index (χ1n) is 8.32. The number of anilines is 1. The van der Waals surface area contributed by atoms with Crippen LogP contribution < -0.4 is 16.0 Å². The van der Waals surface area contributed by atoms with E-state index in [0.717, 1.165) is 12.8 Å². The van der Waals surface area contributed by atoms with Crippen LogP contribution in [0.3, 0.4) is 0 Å². The Morgan fingerprint density at radius 1 is 1.32 bits per heavy atom. The highest BCUT2D eigenvalue weighted by Crippen LogP contribution is 2.28. The molecule has 1 unspecified atom stereocenters. The first kappa shape index (κ1) is 20.0. The molecule has 2 heterocycles. The van der Waals surface area contributed by atoms with Crippen molar-refractivity contribution in [3.05, 3.63) is 29.3 Å². The van der Waals surface area contributed by atoms with Crippen molar-refractivity contribution >= 4 is 41.5 Å². The Labute approximate surface area is 158 Å². The standard InChI is InChI=1S/C17H22ClN3O3.ClH/c18-12-4-1-2-6-14(12)21-9-3-5-13(17(21)23)20-16(22)15-8-7-11(10-19)24-15;/h1-2,4,6,11,13,15H,3,5,7-10,19H2,(H,20,22);1H/t11-,13?,15+;/m1./s1. The van der Waals surface area contributed by atoms with E-state index in [2.05, 4.69) is 5.32 Å². The molecule has 0 aliphatic carbocycles. The van der Waals surface area contributed by atoms with E-state index >= 15 is 0 Å². The van der Waals surface area contributed by atoms with Crippen molar-refractivity contribution in [3.63, 3.8) is 0 Å². The number of halogens is 2. The van der Waals surface area contributed by atoms with Crippen molar-refractivity contribution in [2.75, 3.05) is 18.0 Å². The van der Waals surface area contributed by atoms with Gasteiger partial charge >= 0.3 is 0 Å². The quantitative estimate of drug-likeness (QED) is 0.825. The molecule has 1 aromatic rings. The first-order chi connectivity index (χ1) is 11.6. The van der Waals surface area contributed by atoms with Crippen LogP contribution in [0.1, 0.15) is 25.7 Å². The first-order valence-corrected chi connectivity index (χ1v) is 8.69. The Bertz CT molecular complexity index is 629. The summed E-state index contributed by atoms with van der Waals surface area (Å²) in [5, 5.41) is 3.37. The molecule has 3 rings (SSSR count). The summed E-state index contributed by atoms with van der Waals surface area (Å²) in [7, 11) is 0. The van der Waals surface area contributed by atoms with Crippen LogP contribution in [0.25, 0.3) is 0 Å². The molecule has 6 nitrogen and oxygen atoms in total. The fourth-order valence-corrected chi connectivity index (χ4v) is 3.49. The molecule has 0 aromatic heterocycles. The molecule has 2 saturated heterocycles. The molecule has 0 spiro atoms. The van der Waals surface area contributed by atoms with Gasteiger partial charge in [-0.3, -0.25) is 9.59 Å². The van der Waals surface area contributed by atoms with Gasteiger partial charge in [-0.25, -0.2) is 0 Å². The van der Waals surface area contributed by atoms with Gasteiger partial charge in [0.1, 0.15) is 12.1 Å². The van der Waals surface area contributed by atoms with Gasteiger partial charge in [-0.05, 0) is 37.8 Å². The summed E-state index contributed by atoms with van der Waals surface area (Å²) in [4.78, 5) is 26.7. The summed E-state index contributed by atoms with van der Waals surface area (Å²) in [6.07, 6.45) is 2.27. The van der Waals surface area contributed by atoms with Gasteiger partial charge in [0.25, 0.3) is 0 Å². The van der Waals surface area contributed by atoms with Crippen LogP contribution in [0.5, 0.6) is 0 Å². The van der Waals surface area contributed by atoms with Crippen LogP contribution in [0.2, 0.25) is 5.02 Å². The van der Waals surface area contributed by atoms with Gasteiger partial charge in [0.05, 0.1) is 16.8 Å². The van der Waals surface area contributed by atoms with Gasteiger partial charge in [-0.15, -0.1) is 12.4 Å². The van der Waals surface area contributed by atoms with Crippen molar-refractivity contribution in [2.24, 2.45) is 5.73 Å². The third kappa shape index (κ3) is 4.44. The molecule has 0 saturated carbocycles. The number of hydrogen-bond acceptors (Lipinski definition) is 4. The lowest BCUT2D eigenvalue weighted by atomic mass is 10.0. The van der Waals surface area contributed by atoms with Crippen molar-refractivity contribution in [1.29, 1.82) is 0 Å². The number of nitrogens with two attached hydrogens (primary N) is 1. The molecular formula is C17H23Cl2N3O3. The maximum Gasteiger partial charge on any atom is 0.249 e. The highest BCUT2D eigenvalue weighted by atomic mass is 35.5. The van der Waals surface area contributed by atoms with Crippen molar-refractivity contribution in [1.82, 2.24) is 5.32 Å². The molecule has 0 bridgehead atoms. The minimum absolute atomic E-state index is 0. The predicted octanol–water partition coefficient (Wildman–Crippen LogP) is 1.88. The summed E-state index contributed by atoms with van der Waals surface area (Å²) >= 11 is 6.20. The Morgan fingerprint density at radius 2 is 2.08 bits per heavy atom. The lowest BCUT2D eigenvalue weighted by Gasteiger charge is -2.33. The van der Waals surface area contributed by atoms with E-state index in [0.29, 0.717) is 36.6 Å². The third-order valence-corrected chi connectivity index (χ3v) is 4.88. The number of para-hydroxylation sites is 1. The zero-order valence-corrected chi connectivity index (χ0v) is 15.4. The number of ether oxygens (including phenoxy) is 1. The highest BCUT2D eigenvalue weighted by molar-refractivity contribution is 6.33. The molecule has 3 N–H and O–H groups in total. The summed E-state index contributed by atoms with van der Waals surface area (Å²) in [5.74, 6) is -0.360. The number of piperidine rings is 1. The molecule has 25 heavy (non-hydrogen) atoms. The minimum atomic E-state index is -0.539. The van der Waals surface area contributed by atoms with Crippen LogP contribution >= 0.6 is 24.0 Å². The normalized spacial score (nSPS) is 26.2. The van der Waals surface area contributed by atoms with Crippen LogP contribution in [0, 0.1) is 0 Å². The highest BCUT2D eigenvalue weighted by Gasteiger charge is 2.35. The number of benzene rings is 1. The van der Waals surface area contributed by atoms with Gasteiger partial charge in [0, 0.05) is 13.1 Å². The number of hydrogen-bond donors (Lipinski definition) is 2. The lowest BCUT2D eigenvalue weighted by Crippen LogP contribution is -2.54. The van der Waals surface area contributed by atoms with Crippen LogP contribution in [-0.2, 0) is 14.3 Å². The van der Waals surface area contributed by atoms with Gasteiger partial charge in [0.15, 0.2) is 0 Å². The monoisotopic (exact) mass is 387 g/mol. The Hall–Kier alpha value is -1.34. The summed E-state index contributed by atoms with van der Waals surface area (Å²) < 4.78 is 5.60. The van der Waals surface area contributed by atoms with Gasteiger partial charge < -0.3 is 20.7 Å². The predicted molar refractivity (Wildman–Crippen MR) is 99.2 cm³/mol. The average molecular weight is 388 g/mol. The molecule has 1 aromatic carbocycles. The van der Waals surface area contributed by atoms with Crippen molar-refractivity contribution < 1.29 is 14.3 Å². The molecule has 2 aliphatic heterocycles. The molecule has 2 amide bonds. The second-order valence-electron chi connectivity index (χ2n) is 6.20. The number of rotatable bonds is 4. The van der Waals surface area contributed by atoms with Gasteiger partial charge in [0.2, 0.25) is 11.8 Å². The van der Waals surface area contributed by atoms with Crippen molar-refractivity contribution in [3.8, 4) is 0 Å². The maximum absolute atomic E-state index is 12.7. The molecule has 138 valence electrons. The summed E-state index contributed by atoms with van der Waals surface area (Å²) in [6.45, 7) is 1.01. The number of carbonyl (C=O) groups is 2. The zero-order valence-electron chi connectivity index (χ0n) is 13.8. The molecule has 2 aliphatic rings. The number of nitrogens with one attached hydrogen (secondary N) is 1. The van der Waals surface area contributed by atoms with E-state index in [-0.39, 0.29) is 30.3 Å². The fourth-order valence-electron chi connectivity index (χ4n) is 3.26. The SMILES string of the molecule is Cl.NC[C@H]1CC[C@@H](C(=O)NC2CCCN(c3ccccc3Cl)C2=O)O1. The van der Waals surface area contributed by atoms with Gasteiger partial charge in [-0.1, -0.05) is 23.7 Å². The smallest absolute Gasteiger partial charge is 0.249 e.